The fourth-order valence-electron chi connectivity index (χ4n) is 0.983. The summed E-state index contributed by atoms with van der Waals surface area (Å²) in [6.07, 6.45) is -5.30. The summed E-state index contributed by atoms with van der Waals surface area (Å²) in [5.74, 6) is -2.35. The van der Waals surface area contributed by atoms with E-state index in [0.717, 1.165) is 6.20 Å². The molecule has 0 bridgehead atoms. The number of nitrogens with zero attached hydrogens (tertiary/aromatic N) is 1. The second kappa shape index (κ2) is 6.27. The third-order valence-electron chi connectivity index (χ3n) is 1.54. The fraction of sp³-hybridized carbons (Fsp3) is 0.600. The van der Waals surface area contributed by atoms with E-state index in [0.29, 0.717) is 0 Å². The Morgan fingerprint density at radius 1 is 1.29 bits per heavy atom. The molecule has 0 rings (SSSR count). The average Bonchev–Trinajstić information content (AvgIpc) is 2.11. The molecule has 0 radical (unpaired) electrons. The Morgan fingerprint density at radius 2 is 1.82 bits per heavy atom. The third kappa shape index (κ3) is 6.60. The van der Waals surface area contributed by atoms with Crippen molar-refractivity contribution >= 4 is 11.8 Å². The van der Waals surface area contributed by atoms with Gasteiger partial charge < -0.3 is 9.64 Å². The van der Waals surface area contributed by atoms with Gasteiger partial charge in [0, 0.05) is 20.3 Å². The molecule has 0 heterocycles. The van der Waals surface area contributed by atoms with E-state index in [1.165, 1.54) is 25.9 Å². The molecular weight excluding hydrogens is 239 g/mol. The first-order valence-corrected chi connectivity index (χ1v) is 4.82. The summed E-state index contributed by atoms with van der Waals surface area (Å²) < 4.78 is 40.6. The van der Waals surface area contributed by atoms with Crippen LogP contribution in [0.3, 0.4) is 0 Å². The number of ketones is 1. The highest BCUT2D eigenvalue weighted by molar-refractivity contribution is 6.17. The Morgan fingerprint density at radius 3 is 2.18 bits per heavy atom. The van der Waals surface area contributed by atoms with Crippen molar-refractivity contribution in [3.05, 3.63) is 11.8 Å². The molecule has 0 aliphatic rings. The largest absolute Gasteiger partial charge is 0.462 e. The number of halogens is 3. The number of Topliss-reactive ketones (excluding diaryl/α,β-unsaturated/α-hetero) is 1. The van der Waals surface area contributed by atoms with E-state index in [1.807, 2.05) is 0 Å². The molecular formula is C10H14F3NO3. The Hall–Kier alpha value is -1.53. The second-order valence-electron chi connectivity index (χ2n) is 3.44. The number of alkyl halides is 3. The van der Waals surface area contributed by atoms with Gasteiger partial charge in [0.2, 0.25) is 0 Å². The van der Waals surface area contributed by atoms with E-state index >= 15 is 0 Å². The molecule has 0 N–H and O–H groups in total. The minimum Gasteiger partial charge on any atom is -0.462 e. The van der Waals surface area contributed by atoms with Crippen LogP contribution in [-0.4, -0.2) is 43.5 Å². The minimum atomic E-state index is -4.64. The molecule has 0 fully saturated rings. The topological polar surface area (TPSA) is 46.6 Å². The van der Waals surface area contributed by atoms with Gasteiger partial charge in [-0.25, -0.2) is 4.79 Å². The van der Waals surface area contributed by atoms with Gasteiger partial charge in [-0.3, -0.25) is 4.79 Å². The zero-order valence-electron chi connectivity index (χ0n) is 9.80. The van der Waals surface area contributed by atoms with Crippen molar-refractivity contribution in [1.82, 2.24) is 4.90 Å². The lowest BCUT2D eigenvalue weighted by Gasteiger charge is -2.11. The van der Waals surface area contributed by atoms with Gasteiger partial charge in [-0.1, -0.05) is 0 Å². The van der Waals surface area contributed by atoms with Gasteiger partial charge in [-0.2, -0.15) is 13.2 Å². The van der Waals surface area contributed by atoms with Crippen LogP contribution in [0.1, 0.15) is 13.3 Å². The van der Waals surface area contributed by atoms with E-state index in [1.54, 1.807) is 0 Å². The van der Waals surface area contributed by atoms with Gasteiger partial charge in [0.05, 0.1) is 6.61 Å². The van der Waals surface area contributed by atoms with Crippen molar-refractivity contribution in [1.29, 1.82) is 0 Å². The molecule has 0 amide bonds. The fourth-order valence-corrected chi connectivity index (χ4v) is 0.983. The molecule has 4 nitrogen and oxygen atoms in total. The first-order chi connectivity index (χ1) is 7.67. The first kappa shape index (κ1) is 15.5. The molecule has 0 spiro atoms. The molecule has 17 heavy (non-hydrogen) atoms. The molecule has 0 aromatic carbocycles. The Kier molecular flexibility index (Phi) is 5.70. The van der Waals surface area contributed by atoms with E-state index in [-0.39, 0.29) is 6.61 Å². The highest BCUT2D eigenvalue weighted by Crippen LogP contribution is 2.22. The zero-order valence-corrected chi connectivity index (χ0v) is 9.80. The van der Waals surface area contributed by atoms with Gasteiger partial charge in [0.25, 0.3) is 0 Å². The van der Waals surface area contributed by atoms with E-state index in [9.17, 15) is 22.8 Å². The van der Waals surface area contributed by atoms with Gasteiger partial charge >= 0.3 is 12.1 Å². The summed E-state index contributed by atoms with van der Waals surface area (Å²) in [6, 6.07) is 0. The van der Waals surface area contributed by atoms with Crippen LogP contribution in [0.2, 0.25) is 0 Å². The van der Waals surface area contributed by atoms with E-state index in [2.05, 4.69) is 4.74 Å². The van der Waals surface area contributed by atoms with Crippen LogP contribution in [0.15, 0.2) is 11.8 Å². The van der Waals surface area contributed by atoms with Gasteiger partial charge in [0.15, 0.2) is 5.78 Å². The Bertz CT molecular complexity index is 321. The van der Waals surface area contributed by atoms with Crippen molar-refractivity contribution in [2.24, 2.45) is 0 Å². The highest BCUT2D eigenvalue weighted by Gasteiger charge is 2.34. The average molecular weight is 253 g/mol. The van der Waals surface area contributed by atoms with Crippen LogP contribution < -0.4 is 0 Å². The van der Waals surface area contributed by atoms with Crippen molar-refractivity contribution in [2.45, 2.75) is 19.5 Å². The maximum Gasteiger partial charge on any atom is 0.396 e. The van der Waals surface area contributed by atoms with Crippen LogP contribution >= 0.6 is 0 Å². The van der Waals surface area contributed by atoms with Crippen LogP contribution in [0.5, 0.6) is 0 Å². The number of hydrogen-bond acceptors (Lipinski definition) is 4. The molecule has 0 saturated heterocycles. The number of carbonyl (C=O) groups excluding carboxylic acids is 2. The highest BCUT2D eigenvalue weighted by atomic mass is 19.4. The van der Waals surface area contributed by atoms with Gasteiger partial charge in [0.1, 0.15) is 12.0 Å². The molecule has 0 aliphatic carbocycles. The molecule has 0 atom stereocenters. The summed E-state index contributed by atoms with van der Waals surface area (Å²) in [5, 5.41) is 0. The van der Waals surface area contributed by atoms with Crippen molar-refractivity contribution in [2.75, 3.05) is 20.7 Å². The SMILES string of the molecule is CCOC(=O)/C(=C/N(C)C)C(=O)CC(F)(F)F. The molecule has 7 heteroatoms. The lowest BCUT2D eigenvalue weighted by atomic mass is 10.1. The van der Waals surface area contributed by atoms with E-state index in [4.69, 9.17) is 0 Å². The number of hydrogen-bond donors (Lipinski definition) is 0. The number of rotatable bonds is 5. The normalized spacial score (nSPS) is 12.2. The van der Waals surface area contributed by atoms with Crippen molar-refractivity contribution < 1.29 is 27.5 Å². The second-order valence-corrected chi connectivity index (χ2v) is 3.44. The third-order valence-corrected chi connectivity index (χ3v) is 1.54. The summed E-state index contributed by atoms with van der Waals surface area (Å²) in [4.78, 5) is 23.9. The number of ether oxygens (including phenoxy) is 1. The van der Waals surface area contributed by atoms with E-state index < -0.39 is 29.9 Å². The Balaban J connectivity index is 4.94. The zero-order chi connectivity index (χ0) is 13.6. The number of esters is 1. The van der Waals surface area contributed by atoms with Crippen LogP contribution in [0, 0.1) is 0 Å². The standard InChI is InChI=1S/C10H14F3NO3/c1-4-17-9(16)7(6-14(2)3)8(15)5-10(11,12)13/h6H,4-5H2,1-3H3/b7-6+. The molecule has 0 aliphatic heterocycles. The molecule has 0 aromatic heterocycles. The summed E-state index contributed by atoms with van der Waals surface area (Å²) in [5.41, 5.74) is -0.603. The lowest BCUT2D eigenvalue weighted by molar-refractivity contribution is -0.151. The van der Waals surface area contributed by atoms with Gasteiger partial charge in [-0.15, -0.1) is 0 Å². The molecule has 98 valence electrons. The molecule has 0 unspecified atom stereocenters. The maximum atomic E-state index is 12.0. The molecule has 0 aromatic rings. The van der Waals surface area contributed by atoms with Crippen molar-refractivity contribution in [3.63, 3.8) is 0 Å². The first-order valence-electron chi connectivity index (χ1n) is 4.82. The summed E-state index contributed by atoms with van der Waals surface area (Å²) >= 11 is 0. The van der Waals surface area contributed by atoms with Crippen LogP contribution in [0.4, 0.5) is 13.2 Å². The predicted molar refractivity (Wildman–Crippen MR) is 54.1 cm³/mol. The molecule has 0 saturated carbocycles. The van der Waals surface area contributed by atoms with Crippen LogP contribution in [-0.2, 0) is 14.3 Å². The predicted octanol–water partition coefficient (Wildman–Crippen LogP) is 1.52. The summed E-state index contributed by atoms with van der Waals surface area (Å²) in [6.45, 7) is 1.49. The van der Waals surface area contributed by atoms with Crippen molar-refractivity contribution in [3.8, 4) is 0 Å². The summed E-state index contributed by atoms with van der Waals surface area (Å²) in [7, 11) is 2.97. The monoisotopic (exact) mass is 253 g/mol. The maximum absolute atomic E-state index is 12.0. The van der Waals surface area contributed by atoms with Crippen LogP contribution in [0.25, 0.3) is 0 Å². The number of carbonyl (C=O) groups is 2. The smallest absolute Gasteiger partial charge is 0.396 e. The lowest BCUT2D eigenvalue weighted by Crippen LogP contribution is -2.23. The minimum absolute atomic E-state index is 0.0110. The Labute approximate surface area is 97.0 Å². The quantitative estimate of drug-likeness (QED) is 0.322. The van der Waals surface area contributed by atoms with Gasteiger partial charge in [-0.05, 0) is 6.92 Å².